The molecule has 0 aliphatic carbocycles. The summed E-state index contributed by atoms with van der Waals surface area (Å²) >= 11 is 0. The first-order valence-electron chi connectivity index (χ1n) is 7.58. The van der Waals surface area contributed by atoms with Crippen LogP contribution in [0.4, 0.5) is 4.79 Å². The van der Waals surface area contributed by atoms with Crippen molar-refractivity contribution in [3.05, 3.63) is 71.4 Å². The molecule has 0 unspecified atom stereocenters. The van der Waals surface area contributed by atoms with Gasteiger partial charge in [0, 0.05) is 12.7 Å². The minimum absolute atomic E-state index is 0.205. The number of nitrogens with one attached hydrogen (secondary N) is 2. The molecule has 2 aromatic rings. The van der Waals surface area contributed by atoms with E-state index < -0.39 is 0 Å². The standard InChI is InChI=1S/C19H22N2O2/c1-15-5-3-4-6-17(15)12-14-21-19(22)20-13-11-16-7-9-18(23-2)10-8-16/h3-10,12,14H,11,13H2,1-2H3,(H2,20,21,22)/b14-12+. The molecule has 0 spiro atoms. The predicted molar refractivity (Wildman–Crippen MR) is 93.4 cm³/mol. The highest BCUT2D eigenvalue weighted by Gasteiger charge is 1.98. The van der Waals surface area contributed by atoms with Crippen LogP contribution in [0.2, 0.25) is 0 Å². The first kappa shape index (κ1) is 16.6. The van der Waals surface area contributed by atoms with Crippen molar-refractivity contribution in [1.82, 2.24) is 10.6 Å². The van der Waals surface area contributed by atoms with Crippen LogP contribution in [-0.2, 0) is 6.42 Å². The van der Waals surface area contributed by atoms with Gasteiger partial charge in [0.2, 0.25) is 0 Å². The highest BCUT2D eigenvalue weighted by atomic mass is 16.5. The molecule has 0 saturated carbocycles. The summed E-state index contributed by atoms with van der Waals surface area (Å²) in [6.45, 7) is 2.62. The van der Waals surface area contributed by atoms with Crippen LogP contribution in [0.5, 0.6) is 5.75 Å². The van der Waals surface area contributed by atoms with Gasteiger partial charge in [-0.1, -0.05) is 36.4 Å². The third-order valence-electron chi connectivity index (χ3n) is 3.52. The molecule has 23 heavy (non-hydrogen) atoms. The van der Waals surface area contributed by atoms with Crippen LogP contribution in [0.1, 0.15) is 16.7 Å². The van der Waals surface area contributed by atoms with Gasteiger partial charge >= 0.3 is 6.03 Å². The highest BCUT2D eigenvalue weighted by Crippen LogP contribution is 2.11. The number of urea groups is 1. The molecule has 0 aliphatic heterocycles. The Morgan fingerprint density at radius 2 is 1.87 bits per heavy atom. The third kappa shape index (κ3) is 5.51. The lowest BCUT2D eigenvalue weighted by Crippen LogP contribution is -2.33. The number of rotatable bonds is 6. The number of aryl methyl sites for hydroxylation is 1. The summed E-state index contributed by atoms with van der Waals surface area (Å²) in [4.78, 5) is 11.7. The molecule has 4 nitrogen and oxygen atoms in total. The van der Waals surface area contributed by atoms with Crippen molar-refractivity contribution in [3.63, 3.8) is 0 Å². The minimum Gasteiger partial charge on any atom is -0.497 e. The molecule has 4 heteroatoms. The molecule has 0 aliphatic rings. The lowest BCUT2D eigenvalue weighted by Gasteiger charge is -2.06. The Morgan fingerprint density at radius 1 is 1.13 bits per heavy atom. The number of amides is 2. The van der Waals surface area contributed by atoms with Crippen molar-refractivity contribution in [2.75, 3.05) is 13.7 Å². The SMILES string of the molecule is COc1ccc(CCNC(=O)N/C=C/c2ccccc2C)cc1. The van der Waals surface area contributed by atoms with E-state index >= 15 is 0 Å². The van der Waals surface area contributed by atoms with Gasteiger partial charge in [-0.15, -0.1) is 0 Å². The van der Waals surface area contributed by atoms with Gasteiger partial charge < -0.3 is 15.4 Å². The van der Waals surface area contributed by atoms with E-state index in [0.717, 1.165) is 23.3 Å². The van der Waals surface area contributed by atoms with E-state index in [4.69, 9.17) is 4.74 Å². The van der Waals surface area contributed by atoms with Crippen molar-refractivity contribution < 1.29 is 9.53 Å². The van der Waals surface area contributed by atoms with Crippen molar-refractivity contribution in [2.45, 2.75) is 13.3 Å². The van der Waals surface area contributed by atoms with E-state index in [-0.39, 0.29) is 6.03 Å². The minimum atomic E-state index is -0.205. The van der Waals surface area contributed by atoms with E-state index in [0.29, 0.717) is 6.54 Å². The van der Waals surface area contributed by atoms with Crippen molar-refractivity contribution in [3.8, 4) is 5.75 Å². The third-order valence-corrected chi connectivity index (χ3v) is 3.52. The highest BCUT2D eigenvalue weighted by molar-refractivity contribution is 5.76. The lowest BCUT2D eigenvalue weighted by molar-refractivity contribution is 0.244. The molecule has 2 aromatic carbocycles. The Hall–Kier alpha value is -2.75. The second-order valence-electron chi connectivity index (χ2n) is 5.19. The van der Waals surface area contributed by atoms with Crippen LogP contribution in [0.15, 0.2) is 54.7 Å². The molecule has 2 rings (SSSR count). The van der Waals surface area contributed by atoms with Gasteiger partial charge in [0.25, 0.3) is 0 Å². The topological polar surface area (TPSA) is 50.4 Å². The first-order valence-corrected chi connectivity index (χ1v) is 7.58. The van der Waals surface area contributed by atoms with Crippen molar-refractivity contribution >= 4 is 12.1 Å². The van der Waals surface area contributed by atoms with Gasteiger partial charge in [-0.2, -0.15) is 0 Å². The summed E-state index contributed by atoms with van der Waals surface area (Å²) < 4.78 is 5.11. The zero-order chi connectivity index (χ0) is 16.5. The largest absolute Gasteiger partial charge is 0.497 e. The molecule has 0 atom stereocenters. The van der Waals surface area contributed by atoms with Gasteiger partial charge in [-0.3, -0.25) is 0 Å². The molecule has 0 fully saturated rings. The molecule has 120 valence electrons. The zero-order valence-electron chi connectivity index (χ0n) is 13.5. The average molecular weight is 310 g/mol. The van der Waals surface area contributed by atoms with E-state index in [1.54, 1.807) is 13.3 Å². The Labute approximate surface area is 137 Å². The van der Waals surface area contributed by atoms with Crippen LogP contribution in [-0.4, -0.2) is 19.7 Å². The number of ether oxygens (including phenoxy) is 1. The summed E-state index contributed by atoms with van der Waals surface area (Å²) in [6.07, 6.45) is 4.32. The lowest BCUT2D eigenvalue weighted by atomic mass is 10.1. The number of carbonyl (C=O) groups excluding carboxylic acids is 1. The smallest absolute Gasteiger partial charge is 0.318 e. The second-order valence-corrected chi connectivity index (χ2v) is 5.19. The first-order chi connectivity index (χ1) is 11.2. The van der Waals surface area contributed by atoms with Crippen LogP contribution < -0.4 is 15.4 Å². The summed E-state index contributed by atoms with van der Waals surface area (Å²) in [5.41, 5.74) is 3.41. The fourth-order valence-corrected chi connectivity index (χ4v) is 2.14. The zero-order valence-corrected chi connectivity index (χ0v) is 13.5. The van der Waals surface area contributed by atoms with Crippen molar-refractivity contribution in [2.24, 2.45) is 0 Å². The maximum atomic E-state index is 11.7. The molecule has 0 aromatic heterocycles. The maximum Gasteiger partial charge on any atom is 0.318 e. The van der Waals surface area contributed by atoms with E-state index in [2.05, 4.69) is 10.6 Å². The second kappa shape index (κ2) is 8.63. The fourth-order valence-electron chi connectivity index (χ4n) is 2.14. The van der Waals surface area contributed by atoms with Gasteiger partial charge in [0.1, 0.15) is 5.75 Å². The number of hydrogen-bond donors (Lipinski definition) is 2. The predicted octanol–water partition coefficient (Wildman–Crippen LogP) is 3.52. The van der Waals surface area contributed by atoms with Gasteiger partial charge in [0.05, 0.1) is 7.11 Å². The van der Waals surface area contributed by atoms with E-state index in [9.17, 15) is 4.79 Å². The van der Waals surface area contributed by atoms with E-state index in [1.807, 2.05) is 61.5 Å². The van der Waals surface area contributed by atoms with Gasteiger partial charge in [0.15, 0.2) is 0 Å². The van der Waals surface area contributed by atoms with Crippen molar-refractivity contribution in [1.29, 1.82) is 0 Å². The van der Waals surface area contributed by atoms with Crippen LogP contribution in [0, 0.1) is 6.92 Å². The Morgan fingerprint density at radius 3 is 2.57 bits per heavy atom. The summed E-state index contributed by atoms with van der Waals surface area (Å²) in [7, 11) is 1.64. The molecule has 0 saturated heterocycles. The molecule has 2 amide bonds. The fraction of sp³-hybridized carbons (Fsp3) is 0.211. The molecule has 0 radical (unpaired) electrons. The molecular weight excluding hydrogens is 288 g/mol. The van der Waals surface area contributed by atoms with Crippen LogP contribution >= 0.6 is 0 Å². The Bertz CT molecular complexity index is 663. The maximum absolute atomic E-state index is 11.7. The molecule has 2 N–H and O–H groups in total. The van der Waals surface area contributed by atoms with Crippen LogP contribution in [0.25, 0.3) is 6.08 Å². The Balaban J connectivity index is 1.71. The van der Waals surface area contributed by atoms with Gasteiger partial charge in [-0.25, -0.2) is 4.79 Å². The number of hydrogen-bond acceptors (Lipinski definition) is 2. The molecular formula is C19H22N2O2. The normalized spacial score (nSPS) is 10.5. The number of methoxy groups -OCH3 is 1. The summed E-state index contributed by atoms with van der Waals surface area (Å²) in [5.74, 6) is 0.834. The Kier molecular flexibility index (Phi) is 6.24. The number of carbonyl (C=O) groups is 1. The molecule has 0 heterocycles. The van der Waals surface area contributed by atoms with Gasteiger partial charge in [-0.05, 0) is 48.2 Å². The van der Waals surface area contributed by atoms with E-state index in [1.165, 1.54) is 5.56 Å². The summed E-state index contributed by atoms with van der Waals surface area (Å²) in [6, 6.07) is 15.6. The monoisotopic (exact) mass is 310 g/mol. The quantitative estimate of drug-likeness (QED) is 0.858. The summed E-state index contributed by atoms with van der Waals surface area (Å²) in [5, 5.41) is 5.54. The molecule has 0 bridgehead atoms. The average Bonchev–Trinajstić information content (AvgIpc) is 2.57. The van der Waals surface area contributed by atoms with Crippen LogP contribution in [0.3, 0.4) is 0 Å². The number of benzene rings is 2.